The molecule has 1 aliphatic rings. The van der Waals surface area contributed by atoms with Gasteiger partial charge in [-0.3, -0.25) is 4.98 Å². The maximum atomic E-state index is 13.7. The van der Waals surface area contributed by atoms with Crippen LogP contribution in [-0.4, -0.2) is 11.6 Å². The van der Waals surface area contributed by atoms with Crippen molar-refractivity contribution in [3.63, 3.8) is 0 Å². The van der Waals surface area contributed by atoms with Crippen molar-refractivity contribution in [3.05, 3.63) is 59.7 Å². The van der Waals surface area contributed by atoms with E-state index in [4.69, 9.17) is 10.5 Å². The Labute approximate surface area is 111 Å². The van der Waals surface area contributed by atoms with Crippen molar-refractivity contribution in [1.82, 2.24) is 4.98 Å². The van der Waals surface area contributed by atoms with E-state index in [-0.39, 0.29) is 17.8 Å². The minimum Gasteiger partial charge on any atom is -0.493 e. The predicted octanol–water partition coefficient (Wildman–Crippen LogP) is 2.47. The number of fused-ring (bicyclic) bond motifs is 1. The van der Waals surface area contributed by atoms with Gasteiger partial charge in [0.05, 0.1) is 12.8 Å². The molecule has 1 aliphatic heterocycles. The molecule has 2 heterocycles. The van der Waals surface area contributed by atoms with E-state index in [0.717, 1.165) is 17.7 Å². The zero-order valence-corrected chi connectivity index (χ0v) is 10.4. The number of halogens is 1. The Kier molecular flexibility index (Phi) is 3.17. The summed E-state index contributed by atoms with van der Waals surface area (Å²) in [5, 5.41) is 0. The number of nitrogens with zero attached hydrogens (tertiary/aromatic N) is 1. The van der Waals surface area contributed by atoms with Gasteiger partial charge in [0.2, 0.25) is 0 Å². The van der Waals surface area contributed by atoms with Gasteiger partial charge in [-0.1, -0.05) is 18.2 Å². The Morgan fingerprint density at radius 3 is 3.00 bits per heavy atom. The zero-order valence-electron chi connectivity index (χ0n) is 10.4. The molecule has 0 spiro atoms. The van der Waals surface area contributed by atoms with Crippen molar-refractivity contribution in [1.29, 1.82) is 0 Å². The van der Waals surface area contributed by atoms with E-state index in [2.05, 4.69) is 4.98 Å². The van der Waals surface area contributed by atoms with Crippen molar-refractivity contribution in [3.8, 4) is 5.75 Å². The molecule has 0 fully saturated rings. The van der Waals surface area contributed by atoms with Gasteiger partial charge < -0.3 is 10.5 Å². The second kappa shape index (κ2) is 4.97. The van der Waals surface area contributed by atoms with E-state index < -0.39 is 0 Å². The molecule has 3 nitrogen and oxygen atoms in total. The quantitative estimate of drug-likeness (QED) is 0.900. The number of benzene rings is 1. The van der Waals surface area contributed by atoms with Gasteiger partial charge in [0, 0.05) is 23.7 Å². The molecule has 0 amide bonds. The summed E-state index contributed by atoms with van der Waals surface area (Å²) in [6, 6.07) is 9.16. The third kappa shape index (κ3) is 2.31. The Balaban J connectivity index is 1.83. The fourth-order valence-corrected chi connectivity index (χ4v) is 2.49. The second-order valence-electron chi connectivity index (χ2n) is 4.81. The molecule has 0 bridgehead atoms. The molecule has 2 N–H and O–H groups in total. The highest BCUT2D eigenvalue weighted by atomic mass is 19.1. The van der Waals surface area contributed by atoms with E-state index in [0.29, 0.717) is 12.2 Å². The summed E-state index contributed by atoms with van der Waals surface area (Å²) < 4.78 is 19.4. The molecular weight excluding hydrogens is 243 g/mol. The lowest BCUT2D eigenvalue weighted by Crippen LogP contribution is -2.32. The first-order valence-corrected chi connectivity index (χ1v) is 6.31. The Bertz CT molecular complexity index is 588. The second-order valence-corrected chi connectivity index (χ2v) is 4.81. The third-order valence-electron chi connectivity index (χ3n) is 3.58. The summed E-state index contributed by atoms with van der Waals surface area (Å²) >= 11 is 0. The number of nitrogens with two attached hydrogens (primary N) is 1. The van der Waals surface area contributed by atoms with E-state index in [1.54, 1.807) is 12.3 Å². The molecule has 4 heteroatoms. The van der Waals surface area contributed by atoms with Gasteiger partial charge in [0.25, 0.3) is 0 Å². The molecule has 98 valence electrons. The normalized spacial score (nSPS) is 19.4. The van der Waals surface area contributed by atoms with E-state index >= 15 is 0 Å². The molecule has 1 aromatic carbocycles. The van der Waals surface area contributed by atoms with Crippen molar-refractivity contribution >= 4 is 0 Å². The van der Waals surface area contributed by atoms with Crippen LogP contribution in [0.3, 0.4) is 0 Å². The molecule has 2 atom stereocenters. The Morgan fingerprint density at radius 1 is 1.32 bits per heavy atom. The fraction of sp³-hybridized carbons (Fsp3) is 0.267. The molecule has 0 saturated heterocycles. The summed E-state index contributed by atoms with van der Waals surface area (Å²) in [4.78, 5) is 3.75. The van der Waals surface area contributed by atoms with Gasteiger partial charge in [-0.25, -0.2) is 4.39 Å². The molecule has 1 aromatic heterocycles. The first-order chi connectivity index (χ1) is 9.25. The van der Waals surface area contributed by atoms with Crippen LogP contribution in [0.25, 0.3) is 0 Å². The summed E-state index contributed by atoms with van der Waals surface area (Å²) in [6.45, 7) is 0.514. The third-order valence-corrected chi connectivity index (χ3v) is 3.58. The minimum atomic E-state index is -0.378. The predicted molar refractivity (Wildman–Crippen MR) is 70.3 cm³/mol. The highest BCUT2D eigenvalue weighted by molar-refractivity contribution is 5.35. The monoisotopic (exact) mass is 258 g/mol. The van der Waals surface area contributed by atoms with Crippen LogP contribution in [-0.2, 0) is 6.42 Å². The lowest BCUT2D eigenvalue weighted by Gasteiger charge is -2.29. The van der Waals surface area contributed by atoms with Gasteiger partial charge in [-0.2, -0.15) is 0 Å². The first kappa shape index (κ1) is 12.1. The highest BCUT2D eigenvalue weighted by Crippen LogP contribution is 2.32. The van der Waals surface area contributed by atoms with Crippen LogP contribution in [0.4, 0.5) is 4.39 Å². The first-order valence-electron chi connectivity index (χ1n) is 6.31. The molecular formula is C15H15FN2O. The molecule has 2 aromatic rings. The minimum absolute atomic E-state index is 0.0757. The number of rotatable bonds is 2. The average Bonchev–Trinajstić information content (AvgIpc) is 2.46. The molecule has 0 aliphatic carbocycles. The van der Waals surface area contributed by atoms with E-state index in [1.165, 1.54) is 6.20 Å². The van der Waals surface area contributed by atoms with Gasteiger partial charge in [-0.15, -0.1) is 0 Å². The number of para-hydroxylation sites is 1. The van der Waals surface area contributed by atoms with Crippen molar-refractivity contribution < 1.29 is 9.13 Å². The number of pyridine rings is 1. The van der Waals surface area contributed by atoms with E-state index in [9.17, 15) is 4.39 Å². The summed E-state index contributed by atoms with van der Waals surface area (Å²) in [7, 11) is 0. The zero-order chi connectivity index (χ0) is 13.2. The van der Waals surface area contributed by atoms with Gasteiger partial charge in [0.15, 0.2) is 0 Å². The molecule has 0 saturated carbocycles. The standard InChI is InChI=1S/C15H15FN2O/c16-13-8-18-6-5-12(13)15(17)11-7-10-3-1-2-4-14(10)19-9-11/h1-6,8,11,15H,7,9,17H2. The Morgan fingerprint density at radius 2 is 2.16 bits per heavy atom. The number of aromatic nitrogens is 1. The lowest BCUT2D eigenvalue weighted by molar-refractivity contribution is 0.198. The van der Waals surface area contributed by atoms with Crippen molar-refractivity contribution in [2.24, 2.45) is 11.7 Å². The molecule has 19 heavy (non-hydrogen) atoms. The van der Waals surface area contributed by atoms with Crippen LogP contribution in [0, 0.1) is 11.7 Å². The topological polar surface area (TPSA) is 48.1 Å². The summed E-state index contributed by atoms with van der Waals surface area (Å²) in [5.41, 5.74) is 7.81. The maximum absolute atomic E-state index is 13.7. The average molecular weight is 258 g/mol. The van der Waals surface area contributed by atoms with Crippen LogP contribution >= 0.6 is 0 Å². The van der Waals surface area contributed by atoms with Crippen LogP contribution in [0.15, 0.2) is 42.7 Å². The molecule has 0 radical (unpaired) electrons. The van der Waals surface area contributed by atoms with E-state index in [1.807, 2.05) is 24.3 Å². The van der Waals surface area contributed by atoms with Crippen molar-refractivity contribution in [2.45, 2.75) is 12.5 Å². The van der Waals surface area contributed by atoms with Crippen LogP contribution < -0.4 is 10.5 Å². The highest BCUT2D eigenvalue weighted by Gasteiger charge is 2.27. The number of ether oxygens (including phenoxy) is 1. The number of hydrogen-bond acceptors (Lipinski definition) is 3. The van der Waals surface area contributed by atoms with Gasteiger partial charge >= 0.3 is 0 Å². The maximum Gasteiger partial charge on any atom is 0.146 e. The molecule has 2 unspecified atom stereocenters. The van der Waals surface area contributed by atoms with Gasteiger partial charge in [0.1, 0.15) is 11.6 Å². The van der Waals surface area contributed by atoms with Crippen molar-refractivity contribution in [2.75, 3.05) is 6.61 Å². The van der Waals surface area contributed by atoms with Crippen LogP contribution in [0.5, 0.6) is 5.75 Å². The summed E-state index contributed by atoms with van der Waals surface area (Å²) in [5.74, 6) is 0.627. The number of hydrogen-bond donors (Lipinski definition) is 1. The van der Waals surface area contributed by atoms with Crippen LogP contribution in [0.1, 0.15) is 17.2 Å². The van der Waals surface area contributed by atoms with Gasteiger partial charge in [-0.05, 0) is 24.1 Å². The molecule has 3 rings (SSSR count). The Hall–Kier alpha value is -1.94. The fourth-order valence-electron chi connectivity index (χ4n) is 2.49. The lowest BCUT2D eigenvalue weighted by atomic mass is 9.87. The van der Waals surface area contributed by atoms with Crippen LogP contribution in [0.2, 0.25) is 0 Å². The smallest absolute Gasteiger partial charge is 0.146 e. The summed E-state index contributed by atoms with van der Waals surface area (Å²) in [6.07, 6.45) is 3.57. The SMILES string of the molecule is NC(c1ccncc1F)C1COc2ccccc2C1. The largest absolute Gasteiger partial charge is 0.493 e.